The Bertz CT molecular complexity index is 527. The van der Waals surface area contributed by atoms with E-state index in [1.165, 1.54) is 11.1 Å². The van der Waals surface area contributed by atoms with Crippen molar-refractivity contribution < 1.29 is 4.79 Å². The number of rotatable bonds is 2. The van der Waals surface area contributed by atoms with Crippen LogP contribution in [0.2, 0.25) is 0 Å². The Labute approximate surface area is 98.9 Å². The van der Waals surface area contributed by atoms with Crippen LogP contribution < -0.4 is 10.6 Å². The number of aromatic nitrogens is 2. The molecule has 0 saturated carbocycles. The molecule has 5 heteroatoms. The molecule has 2 aromatic heterocycles. The Kier molecular flexibility index (Phi) is 3.00. The molecule has 2 heterocycles. The largest absolute Gasteiger partial charge is 0.384 e. The molecule has 2 rings (SSSR count). The molecule has 0 bridgehead atoms. The van der Waals surface area contributed by atoms with E-state index in [9.17, 15) is 4.79 Å². The highest BCUT2D eigenvalue weighted by atomic mass is 16.2. The van der Waals surface area contributed by atoms with Crippen LogP contribution in [-0.4, -0.2) is 22.9 Å². The van der Waals surface area contributed by atoms with E-state index in [0.29, 0.717) is 11.4 Å². The Morgan fingerprint density at radius 1 is 1.24 bits per heavy atom. The predicted octanol–water partition coefficient (Wildman–Crippen LogP) is 1.34. The number of amides is 1. The molecular formula is C12H12N4O. The minimum atomic E-state index is -0.134. The van der Waals surface area contributed by atoms with Gasteiger partial charge in [0.15, 0.2) is 0 Å². The van der Waals surface area contributed by atoms with Crippen LogP contribution in [0.5, 0.6) is 0 Å². The van der Waals surface area contributed by atoms with Crippen molar-refractivity contribution in [1.29, 1.82) is 0 Å². The third-order valence-electron chi connectivity index (χ3n) is 2.38. The standard InChI is InChI=1S/C12H12N4O/c1-16(10-3-5-14-6-4-10)12(17)9-2-7-15-11(13)8-9/h2-8H,1H3,(H2,13,15). The van der Waals surface area contributed by atoms with Gasteiger partial charge in [0.2, 0.25) is 0 Å². The summed E-state index contributed by atoms with van der Waals surface area (Å²) in [6, 6.07) is 6.72. The van der Waals surface area contributed by atoms with Crippen molar-refractivity contribution in [3.8, 4) is 0 Å². The highest BCUT2D eigenvalue weighted by molar-refractivity contribution is 6.05. The zero-order valence-electron chi connectivity index (χ0n) is 9.37. The second-order valence-electron chi connectivity index (χ2n) is 3.54. The first kappa shape index (κ1) is 11.1. The Hall–Kier alpha value is -2.43. The SMILES string of the molecule is CN(C(=O)c1ccnc(N)c1)c1ccncc1. The summed E-state index contributed by atoms with van der Waals surface area (Å²) in [4.78, 5) is 21.4. The van der Waals surface area contributed by atoms with E-state index in [1.807, 2.05) is 0 Å². The maximum Gasteiger partial charge on any atom is 0.258 e. The molecule has 0 aromatic carbocycles. The zero-order valence-corrected chi connectivity index (χ0v) is 9.37. The first-order chi connectivity index (χ1) is 8.18. The van der Waals surface area contributed by atoms with Gasteiger partial charge in [-0.05, 0) is 24.3 Å². The Balaban J connectivity index is 2.27. The van der Waals surface area contributed by atoms with Gasteiger partial charge in [-0.2, -0.15) is 0 Å². The lowest BCUT2D eigenvalue weighted by molar-refractivity contribution is 0.0993. The minimum Gasteiger partial charge on any atom is -0.384 e. The smallest absolute Gasteiger partial charge is 0.258 e. The van der Waals surface area contributed by atoms with E-state index in [2.05, 4.69) is 9.97 Å². The van der Waals surface area contributed by atoms with Crippen molar-refractivity contribution in [3.05, 3.63) is 48.4 Å². The third kappa shape index (κ3) is 2.39. The van der Waals surface area contributed by atoms with Gasteiger partial charge in [-0.3, -0.25) is 9.78 Å². The van der Waals surface area contributed by atoms with Crippen LogP contribution in [0.4, 0.5) is 11.5 Å². The number of nitrogens with zero attached hydrogens (tertiary/aromatic N) is 3. The van der Waals surface area contributed by atoms with Crippen molar-refractivity contribution in [2.24, 2.45) is 0 Å². The number of hydrogen-bond donors (Lipinski definition) is 1. The molecule has 17 heavy (non-hydrogen) atoms. The summed E-state index contributed by atoms with van der Waals surface area (Å²) in [6.45, 7) is 0. The van der Waals surface area contributed by atoms with Crippen LogP contribution in [-0.2, 0) is 0 Å². The lowest BCUT2D eigenvalue weighted by Crippen LogP contribution is -2.26. The summed E-state index contributed by atoms with van der Waals surface area (Å²) in [7, 11) is 1.70. The number of carbonyl (C=O) groups excluding carboxylic acids is 1. The third-order valence-corrected chi connectivity index (χ3v) is 2.38. The zero-order chi connectivity index (χ0) is 12.3. The summed E-state index contributed by atoms with van der Waals surface area (Å²) in [5.41, 5.74) is 6.83. The molecule has 0 aliphatic carbocycles. The van der Waals surface area contributed by atoms with Gasteiger partial charge in [-0.15, -0.1) is 0 Å². The van der Waals surface area contributed by atoms with Crippen LogP contribution in [0.25, 0.3) is 0 Å². The molecule has 0 radical (unpaired) electrons. The van der Waals surface area contributed by atoms with Gasteiger partial charge < -0.3 is 10.6 Å². The van der Waals surface area contributed by atoms with Gasteiger partial charge in [0.05, 0.1) is 0 Å². The van der Waals surface area contributed by atoms with E-state index < -0.39 is 0 Å². The van der Waals surface area contributed by atoms with Crippen molar-refractivity contribution in [1.82, 2.24) is 9.97 Å². The molecule has 2 N–H and O–H groups in total. The van der Waals surface area contributed by atoms with E-state index >= 15 is 0 Å². The molecule has 2 aromatic rings. The van der Waals surface area contributed by atoms with Crippen LogP contribution in [0.1, 0.15) is 10.4 Å². The molecule has 86 valence electrons. The lowest BCUT2D eigenvalue weighted by atomic mass is 10.2. The fourth-order valence-electron chi connectivity index (χ4n) is 1.46. The topological polar surface area (TPSA) is 72.1 Å². The normalized spacial score (nSPS) is 9.94. The Morgan fingerprint density at radius 3 is 2.59 bits per heavy atom. The van der Waals surface area contributed by atoms with E-state index in [4.69, 9.17) is 5.73 Å². The van der Waals surface area contributed by atoms with E-state index in [1.54, 1.807) is 43.7 Å². The van der Waals surface area contributed by atoms with Gasteiger partial charge >= 0.3 is 0 Å². The van der Waals surface area contributed by atoms with Crippen LogP contribution in [0.15, 0.2) is 42.9 Å². The summed E-state index contributed by atoms with van der Waals surface area (Å²) < 4.78 is 0. The van der Waals surface area contributed by atoms with Crippen LogP contribution in [0, 0.1) is 0 Å². The molecule has 0 fully saturated rings. The van der Waals surface area contributed by atoms with Crippen LogP contribution >= 0.6 is 0 Å². The lowest BCUT2D eigenvalue weighted by Gasteiger charge is -2.16. The molecule has 5 nitrogen and oxygen atoms in total. The number of anilines is 2. The first-order valence-corrected chi connectivity index (χ1v) is 5.08. The predicted molar refractivity (Wildman–Crippen MR) is 65.6 cm³/mol. The van der Waals surface area contributed by atoms with Gasteiger partial charge in [0.25, 0.3) is 5.91 Å². The Morgan fingerprint density at radius 2 is 1.94 bits per heavy atom. The number of hydrogen-bond acceptors (Lipinski definition) is 4. The van der Waals surface area contributed by atoms with Crippen molar-refractivity contribution in [2.75, 3.05) is 17.7 Å². The summed E-state index contributed by atoms with van der Waals surface area (Å²) in [5.74, 6) is 0.198. The van der Waals surface area contributed by atoms with Gasteiger partial charge in [-0.25, -0.2) is 4.98 Å². The molecule has 0 saturated heterocycles. The number of nitrogen functional groups attached to an aromatic ring is 1. The number of nitrogens with two attached hydrogens (primary N) is 1. The highest BCUT2D eigenvalue weighted by Crippen LogP contribution is 2.14. The van der Waals surface area contributed by atoms with E-state index in [0.717, 1.165) is 5.69 Å². The van der Waals surface area contributed by atoms with Crippen LogP contribution in [0.3, 0.4) is 0 Å². The molecule has 0 aliphatic rings. The molecule has 1 amide bonds. The van der Waals surface area contributed by atoms with Crippen molar-refractivity contribution >= 4 is 17.4 Å². The van der Waals surface area contributed by atoms with Crippen molar-refractivity contribution in [3.63, 3.8) is 0 Å². The van der Waals surface area contributed by atoms with Gasteiger partial charge in [0.1, 0.15) is 5.82 Å². The average molecular weight is 228 g/mol. The fourth-order valence-corrected chi connectivity index (χ4v) is 1.46. The van der Waals surface area contributed by atoms with E-state index in [-0.39, 0.29) is 5.91 Å². The maximum absolute atomic E-state index is 12.1. The average Bonchev–Trinajstić information content (AvgIpc) is 2.38. The second-order valence-corrected chi connectivity index (χ2v) is 3.54. The maximum atomic E-state index is 12.1. The molecule has 0 atom stereocenters. The van der Waals surface area contributed by atoms with Gasteiger partial charge in [0, 0.05) is 36.9 Å². The summed E-state index contributed by atoms with van der Waals surface area (Å²) in [5, 5.41) is 0. The van der Waals surface area contributed by atoms with Gasteiger partial charge in [-0.1, -0.05) is 0 Å². The molecule has 0 unspecified atom stereocenters. The quantitative estimate of drug-likeness (QED) is 0.841. The molecule has 0 spiro atoms. The van der Waals surface area contributed by atoms with Crippen molar-refractivity contribution in [2.45, 2.75) is 0 Å². The monoisotopic (exact) mass is 228 g/mol. The number of carbonyl (C=O) groups is 1. The molecular weight excluding hydrogens is 216 g/mol. The summed E-state index contributed by atoms with van der Waals surface area (Å²) >= 11 is 0. The first-order valence-electron chi connectivity index (χ1n) is 5.08. The minimum absolute atomic E-state index is 0.134. The summed E-state index contributed by atoms with van der Waals surface area (Å²) in [6.07, 6.45) is 4.79. The second kappa shape index (κ2) is 4.61. The number of pyridine rings is 2. The molecule has 0 aliphatic heterocycles. The fraction of sp³-hybridized carbons (Fsp3) is 0.0833. The highest BCUT2D eigenvalue weighted by Gasteiger charge is 2.13.